The van der Waals surface area contributed by atoms with Crippen molar-refractivity contribution in [2.24, 2.45) is 5.92 Å². The molecule has 1 fully saturated rings. The standard InChI is InChI=1S/C26H28ClNO4S/c1-19-9-11-25(12-10-19)33(30,31)28(14-6-13-26(3,4)32-20(2)29)18-23-17-22(23)15-21-7-5-8-24(27)16-21/h5,7-12,15-16,23H,14,17-18H2,1-4H3/b22-15+. The Kier molecular flexibility index (Phi) is 7.69. The van der Waals surface area contributed by atoms with Crippen molar-refractivity contribution >= 4 is 33.7 Å². The second-order valence-corrected chi connectivity index (χ2v) is 11.1. The van der Waals surface area contributed by atoms with Crippen LogP contribution in [-0.2, 0) is 19.6 Å². The highest BCUT2D eigenvalue weighted by atomic mass is 35.5. The molecule has 0 spiro atoms. The van der Waals surface area contributed by atoms with E-state index in [0.29, 0.717) is 11.6 Å². The Bertz CT molecular complexity index is 1220. The summed E-state index contributed by atoms with van der Waals surface area (Å²) in [5, 5.41) is 0.663. The van der Waals surface area contributed by atoms with Gasteiger partial charge >= 0.3 is 5.97 Å². The first-order valence-electron chi connectivity index (χ1n) is 10.7. The Morgan fingerprint density at radius 1 is 1.24 bits per heavy atom. The highest BCUT2D eigenvalue weighted by Crippen LogP contribution is 2.40. The van der Waals surface area contributed by atoms with Crippen molar-refractivity contribution in [3.05, 3.63) is 70.3 Å². The number of carbonyl (C=O) groups is 1. The van der Waals surface area contributed by atoms with Crippen molar-refractivity contribution in [3.8, 4) is 11.8 Å². The molecule has 33 heavy (non-hydrogen) atoms. The third-order valence-corrected chi connectivity index (χ3v) is 7.23. The lowest BCUT2D eigenvalue weighted by Crippen LogP contribution is -2.34. The van der Waals surface area contributed by atoms with Gasteiger partial charge in [0, 0.05) is 18.5 Å². The van der Waals surface area contributed by atoms with Crippen molar-refractivity contribution in [1.82, 2.24) is 4.31 Å². The van der Waals surface area contributed by atoms with E-state index in [9.17, 15) is 13.2 Å². The largest absolute Gasteiger partial charge is 0.447 e. The number of esters is 1. The quantitative estimate of drug-likeness (QED) is 0.405. The Morgan fingerprint density at radius 3 is 2.58 bits per heavy atom. The van der Waals surface area contributed by atoms with E-state index in [4.69, 9.17) is 16.3 Å². The maximum Gasteiger partial charge on any atom is 0.304 e. The lowest BCUT2D eigenvalue weighted by atomic mass is 10.1. The molecule has 1 unspecified atom stereocenters. The lowest BCUT2D eigenvalue weighted by Gasteiger charge is -2.21. The summed E-state index contributed by atoms with van der Waals surface area (Å²) in [7, 11) is -3.74. The fourth-order valence-electron chi connectivity index (χ4n) is 3.47. The first kappa shape index (κ1) is 25.0. The third kappa shape index (κ3) is 7.20. The molecule has 1 saturated carbocycles. The molecular formula is C26H28ClNO4S. The van der Waals surface area contributed by atoms with Crippen LogP contribution in [0, 0.1) is 24.7 Å². The predicted octanol–water partition coefficient (Wildman–Crippen LogP) is 5.09. The summed E-state index contributed by atoms with van der Waals surface area (Å²) in [5.41, 5.74) is 2.16. The molecular weight excluding hydrogens is 458 g/mol. The molecule has 0 aromatic heterocycles. The number of sulfonamides is 1. The number of nitrogens with zero attached hydrogens (tertiary/aromatic N) is 1. The van der Waals surface area contributed by atoms with Gasteiger partial charge in [0.25, 0.3) is 0 Å². The number of hydrogen-bond acceptors (Lipinski definition) is 4. The lowest BCUT2D eigenvalue weighted by molar-refractivity contribution is -0.148. The average Bonchev–Trinajstić information content (AvgIpc) is 3.43. The fraction of sp³-hybridized carbons (Fsp3) is 0.346. The molecule has 2 aromatic rings. The van der Waals surface area contributed by atoms with Crippen LogP contribution in [0.2, 0.25) is 5.02 Å². The summed E-state index contributed by atoms with van der Waals surface area (Å²) >= 11 is 6.07. The van der Waals surface area contributed by atoms with Gasteiger partial charge in [-0.05, 0) is 62.9 Å². The van der Waals surface area contributed by atoms with Gasteiger partial charge < -0.3 is 4.74 Å². The number of hydrogen-bond donors (Lipinski definition) is 0. The third-order valence-electron chi connectivity index (χ3n) is 5.17. The number of aryl methyl sites for hydroxylation is 1. The summed E-state index contributed by atoms with van der Waals surface area (Å²) in [5.74, 6) is 5.46. The molecule has 0 heterocycles. The van der Waals surface area contributed by atoms with E-state index in [0.717, 1.165) is 17.5 Å². The average molecular weight is 486 g/mol. The Balaban J connectivity index is 1.82. The van der Waals surface area contributed by atoms with E-state index in [1.165, 1.54) is 16.8 Å². The van der Waals surface area contributed by atoms with Gasteiger partial charge in [-0.15, -0.1) is 0 Å². The van der Waals surface area contributed by atoms with Crippen molar-refractivity contribution in [3.63, 3.8) is 0 Å². The number of benzene rings is 2. The topological polar surface area (TPSA) is 63.7 Å². The molecule has 5 nitrogen and oxygen atoms in total. The Morgan fingerprint density at radius 2 is 1.94 bits per heavy atom. The maximum atomic E-state index is 13.4. The van der Waals surface area contributed by atoms with E-state index in [2.05, 4.69) is 17.9 Å². The van der Waals surface area contributed by atoms with Gasteiger partial charge in [0.05, 0.1) is 11.4 Å². The van der Waals surface area contributed by atoms with Crippen molar-refractivity contribution in [1.29, 1.82) is 0 Å². The Hall–Kier alpha value is -2.59. The van der Waals surface area contributed by atoms with E-state index in [1.807, 2.05) is 31.2 Å². The second kappa shape index (κ2) is 10.1. The van der Waals surface area contributed by atoms with Gasteiger partial charge in [0.2, 0.25) is 10.0 Å². The van der Waals surface area contributed by atoms with Crippen LogP contribution in [0.1, 0.15) is 38.3 Å². The summed E-state index contributed by atoms with van der Waals surface area (Å²) in [6.07, 6.45) is 2.88. The second-order valence-electron chi connectivity index (χ2n) is 8.69. The van der Waals surface area contributed by atoms with Crippen molar-refractivity contribution in [2.45, 2.75) is 44.6 Å². The minimum absolute atomic E-state index is 0.00183. The van der Waals surface area contributed by atoms with Gasteiger partial charge in [-0.3, -0.25) is 4.79 Å². The van der Waals surface area contributed by atoms with E-state index in [1.54, 1.807) is 38.1 Å². The van der Waals surface area contributed by atoms with Crippen LogP contribution < -0.4 is 0 Å². The monoisotopic (exact) mass is 485 g/mol. The van der Waals surface area contributed by atoms with Crippen LogP contribution in [0.4, 0.5) is 0 Å². The molecule has 0 radical (unpaired) electrons. The minimum Gasteiger partial charge on any atom is -0.447 e. The summed E-state index contributed by atoms with van der Waals surface area (Å²) in [6.45, 7) is 6.90. The number of rotatable bonds is 7. The smallest absolute Gasteiger partial charge is 0.304 e. The van der Waals surface area contributed by atoms with Crippen LogP contribution in [-0.4, -0.2) is 37.4 Å². The van der Waals surface area contributed by atoms with Crippen LogP contribution in [0.5, 0.6) is 0 Å². The minimum atomic E-state index is -3.74. The molecule has 1 atom stereocenters. The zero-order chi connectivity index (χ0) is 24.2. The van der Waals surface area contributed by atoms with Crippen LogP contribution in [0.15, 0.2) is 59.0 Å². The Labute approximate surface area is 201 Å². The highest BCUT2D eigenvalue weighted by Gasteiger charge is 2.35. The zero-order valence-corrected chi connectivity index (χ0v) is 20.8. The summed E-state index contributed by atoms with van der Waals surface area (Å²) in [6, 6.07) is 14.4. The summed E-state index contributed by atoms with van der Waals surface area (Å²) < 4.78 is 33.4. The molecule has 2 aromatic carbocycles. The van der Waals surface area contributed by atoms with Gasteiger partial charge in [0.15, 0.2) is 5.60 Å². The molecule has 1 aliphatic carbocycles. The van der Waals surface area contributed by atoms with Crippen LogP contribution >= 0.6 is 11.6 Å². The van der Waals surface area contributed by atoms with Gasteiger partial charge in [-0.2, -0.15) is 4.31 Å². The van der Waals surface area contributed by atoms with Gasteiger partial charge in [-0.25, -0.2) is 8.42 Å². The molecule has 3 rings (SSSR count). The van der Waals surface area contributed by atoms with E-state index < -0.39 is 21.6 Å². The predicted molar refractivity (Wildman–Crippen MR) is 131 cm³/mol. The van der Waals surface area contributed by atoms with Crippen molar-refractivity contribution < 1.29 is 17.9 Å². The van der Waals surface area contributed by atoms with Gasteiger partial charge in [0.1, 0.15) is 0 Å². The van der Waals surface area contributed by atoms with E-state index >= 15 is 0 Å². The molecule has 0 amide bonds. The molecule has 0 bridgehead atoms. The molecule has 0 N–H and O–H groups in total. The van der Waals surface area contributed by atoms with Gasteiger partial charge in [-0.1, -0.05) is 64.9 Å². The van der Waals surface area contributed by atoms with E-state index in [-0.39, 0.29) is 17.4 Å². The molecule has 174 valence electrons. The summed E-state index contributed by atoms with van der Waals surface area (Å²) in [4.78, 5) is 11.5. The fourth-order valence-corrected chi connectivity index (χ4v) is 5.06. The molecule has 7 heteroatoms. The first-order chi connectivity index (χ1) is 15.5. The first-order valence-corrected chi connectivity index (χ1v) is 12.5. The zero-order valence-electron chi connectivity index (χ0n) is 19.3. The molecule has 0 saturated heterocycles. The van der Waals surface area contributed by atoms with Crippen LogP contribution in [0.25, 0.3) is 6.08 Å². The molecule has 0 aliphatic heterocycles. The highest BCUT2D eigenvalue weighted by molar-refractivity contribution is 7.89. The number of halogens is 1. The molecule has 1 aliphatic rings. The SMILES string of the molecule is CC(=O)OC(C)(C)C#CCN(CC1C/C1=C\c1cccc(Cl)c1)S(=O)(=O)c1ccc(C)cc1. The van der Waals surface area contributed by atoms with Crippen molar-refractivity contribution in [2.75, 3.05) is 13.1 Å². The normalized spacial score (nSPS) is 16.9. The maximum absolute atomic E-state index is 13.4. The number of ether oxygens (including phenoxy) is 1. The number of carbonyl (C=O) groups excluding carboxylic acids is 1. The van der Waals surface area contributed by atoms with Crippen LogP contribution in [0.3, 0.4) is 0 Å².